The number of imide groups is 1. The van der Waals surface area contributed by atoms with E-state index in [1.54, 1.807) is 0 Å². The summed E-state index contributed by atoms with van der Waals surface area (Å²) < 4.78 is 0.966. The van der Waals surface area contributed by atoms with Gasteiger partial charge in [-0.3, -0.25) is 19.7 Å². The molecule has 1 saturated heterocycles. The third-order valence-electron chi connectivity index (χ3n) is 6.30. The Morgan fingerprint density at radius 1 is 1.10 bits per heavy atom. The lowest BCUT2D eigenvalue weighted by molar-refractivity contribution is -0.116. The van der Waals surface area contributed by atoms with Gasteiger partial charge in [0.2, 0.25) is 0 Å². The van der Waals surface area contributed by atoms with E-state index >= 15 is 0 Å². The van der Waals surface area contributed by atoms with Crippen molar-refractivity contribution in [1.82, 2.24) is 5.32 Å². The van der Waals surface area contributed by atoms with Crippen LogP contribution in [0, 0.1) is 3.57 Å². The van der Waals surface area contributed by atoms with Crippen molar-refractivity contribution >= 4 is 74.3 Å². The maximum absolute atomic E-state index is 13.7. The lowest BCUT2D eigenvalue weighted by atomic mass is 9.65. The molecule has 2 aromatic carbocycles. The molecule has 3 aliphatic heterocycles. The summed E-state index contributed by atoms with van der Waals surface area (Å²) >= 11 is 9.19. The van der Waals surface area contributed by atoms with Crippen LogP contribution < -0.4 is 10.2 Å². The van der Waals surface area contributed by atoms with Gasteiger partial charge < -0.3 is 4.90 Å². The first kappa shape index (κ1) is 21.0. The van der Waals surface area contributed by atoms with Gasteiger partial charge >= 0.3 is 0 Å². The summed E-state index contributed by atoms with van der Waals surface area (Å²) in [4.78, 5) is 40.0. The van der Waals surface area contributed by atoms with Crippen molar-refractivity contribution in [2.75, 3.05) is 4.90 Å². The highest BCUT2D eigenvalue weighted by Crippen LogP contribution is 2.57. The van der Waals surface area contributed by atoms with Crippen LogP contribution in [-0.2, 0) is 15.0 Å². The number of thioether (sulfide) groups is 1. The van der Waals surface area contributed by atoms with E-state index in [-0.39, 0.29) is 16.2 Å². The zero-order valence-electron chi connectivity index (χ0n) is 17.0. The van der Waals surface area contributed by atoms with Crippen LogP contribution in [0.4, 0.5) is 10.5 Å². The number of rotatable bonds is 1. The number of hydrogen-bond acceptors (Lipinski definition) is 4. The summed E-state index contributed by atoms with van der Waals surface area (Å²) in [5.41, 5.74) is 3.14. The molecule has 31 heavy (non-hydrogen) atoms. The highest BCUT2D eigenvalue weighted by atomic mass is 127. The second kappa shape index (κ2) is 6.83. The van der Waals surface area contributed by atoms with Crippen molar-refractivity contribution in [3.8, 4) is 0 Å². The van der Waals surface area contributed by atoms with Gasteiger partial charge in [0, 0.05) is 25.1 Å². The van der Waals surface area contributed by atoms with E-state index in [9.17, 15) is 14.4 Å². The van der Waals surface area contributed by atoms with Crippen molar-refractivity contribution in [2.24, 2.45) is 0 Å². The van der Waals surface area contributed by atoms with Crippen molar-refractivity contribution in [3.63, 3.8) is 0 Å². The molecule has 3 heterocycles. The number of amides is 3. The molecule has 5 rings (SSSR count). The average Bonchev–Trinajstić information content (AvgIpc) is 3.15. The van der Waals surface area contributed by atoms with Gasteiger partial charge in [0.25, 0.3) is 17.1 Å². The Morgan fingerprint density at radius 3 is 2.39 bits per heavy atom. The summed E-state index contributed by atoms with van der Waals surface area (Å²) in [6.07, 6.45) is 0.695. The topological polar surface area (TPSA) is 66.5 Å². The summed E-state index contributed by atoms with van der Waals surface area (Å²) in [5, 5.41) is 2.50. The van der Waals surface area contributed by atoms with Crippen molar-refractivity contribution < 1.29 is 14.4 Å². The van der Waals surface area contributed by atoms with Gasteiger partial charge in [0.1, 0.15) is 0 Å². The number of nitrogens with zero attached hydrogens (tertiary/aromatic N) is 1. The lowest BCUT2D eigenvalue weighted by Gasteiger charge is -2.49. The number of benzene rings is 2. The van der Waals surface area contributed by atoms with Crippen LogP contribution in [0.5, 0.6) is 0 Å². The van der Waals surface area contributed by atoms with Gasteiger partial charge in [-0.1, -0.05) is 30.7 Å². The van der Waals surface area contributed by atoms with E-state index in [0.29, 0.717) is 22.6 Å². The summed E-state index contributed by atoms with van der Waals surface area (Å²) in [6, 6.07) is 11.9. The standard InChI is InChI=1S/C23H18ClIN2O3S/c1-22(2)10-23(3,11-4-6-12(24)7-5-11)15-9-13(25)8-14-16(20(29)27(22)17(14)15)18-19(28)26-21(30)31-18/h4-9H,10H2,1-3H3,(H,26,28,30)/b18-16-. The molecule has 0 aromatic heterocycles. The minimum Gasteiger partial charge on any atom is -0.302 e. The molecule has 1 N–H and O–H groups in total. The Morgan fingerprint density at radius 2 is 1.77 bits per heavy atom. The molecule has 0 aliphatic carbocycles. The van der Waals surface area contributed by atoms with Gasteiger partial charge in [-0.15, -0.1) is 0 Å². The van der Waals surface area contributed by atoms with Crippen LogP contribution in [-0.4, -0.2) is 22.6 Å². The average molecular weight is 565 g/mol. The molecule has 2 aromatic rings. The lowest BCUT2D eigenvalue weighted by Crippen LogP contribution is -2.54. The molecule has 1 unspecified atom stereocenters. The van der Waals surface area contributed by atoms with E-state index in [1.165, 1.54) is 0 Å². The largest absolute Gasteiger partial charge is 0.302 e. The highest BCUT2D eigenvalue weighted by molar-refractivity contribution is 14.1. The van der Waals surface area contributed by atoms with Crippen LogP contribution in [0.15, 0.2) is 41.3 Å². The predicted molar refractivity (Wildman–Crippen MR) is 131 cm³/mol. The molecule has 8 heteroatoms. The monoisotopic (exact) mass is 564 g/mol. The predicted octanol–water partition coefficient (Wildman–Crippen LogP) is 5.47. The quantitative estimate of drug-likeness (QED) is 0.368. The van der Waals surface area contributed by atoms with Gasteiger partial charge in [-0.2, -0.15) is 0 Å². The first-order chi connectivity index (χ1) is 14.5. The first-order valence-electron chi connectivity index (χ1n) is 9.75. The fourth-order valence-electron chi connectivity index (χ4n) is 5.17. The maximum Gasteiger partial charge on any atom is 0.290 e. The SMILES string of the molecule is CC1(c2ccc(Cl)cc2)CC(C)(C)N2C(=O)/C(=C3\SC(=O)NC3=O)c3cc(I)cc1c32. The molecule has 3 amide bonds. The Bertz CT molecular complexity index is 1240. The van der Waals surface area contributed by atoms with E-state index in [4.69, 9.17) is 11.6 Å². The number of nitrogens with one attached hydrogen (secondary N) is 1. The third-order valence-corrected chi connectivity index (χ3v) is 8.05. The fraction of sp³-hybridized carbons (Fsp3) is 0.261. The molecule has 158 valence electrons. The Balaban J connectivity index is 1.84. The van der Waals surface area contributed by atoms with Crippen LogP contribution in [0.3, 0.4) is 0 Å². The van der Waals surface area contributed by atoms with Gasteiger partial charge in [-0.05, 0) is 90.0 Å². The molecule has 5 nitrogen and oxygen atoms in total. The molecule has 0 radical (unpaired) electrons. The Kier molecular flexibility index (Phi) is 4.63. The summed E-state index contributed by atoms with van der Waals surface area (Å²) in [6.45, 7) is 6.28. The summed E-state index contributed by atoms with van der Waals surface area (Å²) in [7, 11) is 0. The number of carbonyl (C=O) groups excluding carboxylic acids is 3. The van der Waals surface area contributed by atoms with Crippen LogP contribution in [0.2, 0.25) is 5.02 Å². The van der Waals surface area contributed by atoms with Crippen LogP contribution >= 0.6 is 46.0 Å². The number of anilines is 1. The fourth-order valence-corrected chi connectivity index (χ4v) is 6.69. The minimum atomic E-state index is -0.510. The van der Waals surface area contributed by atoms with E-state index in [2.05, 4.69) is 40.9 Å². The zero-order chi connectivity index (χ0) is 22.3. The molecule has 0 bridgehead atoms. The minimum absolute atomic E-state index is 0.178. The molecule has 1 fully saturated rings. The molecular weight excluding hydrogens is 547 g/mol. The van der Waals surface area contributed by atoms with Crippen molar-refractivity contribution in [3.05, 3.63) is 66.6 Å². The zero-order valence-corrected chi connectivity index (χ0v) is 20.7. The summed E-state index contributed by atoms with van der Waals surface area (Å²) in [5.74, 6) is -0.738. The highest BCUT2D eigenvalue weighted by Gasteiger charge is 2.54. The normalized spacial score (nSPS) is 26.4. The number of carbonyl (C=O) groups is 3. The number of halogens is 2. The molecule has 3 aliphatic rings. The van der Waals surface area contributed by atoms with E-state index < -0.39 is 16.7 Å². The third kappa shape index (κ3) is 3.00. The van der Waals surface area contributed by atoms with Gasteiger partial charge in [0.05, 0.1) is 16.2 Å². The van der Waals surface area contributed by atoms with Crippen LogP contribution in [0.25, 0.3) is 5.57 Å². The molecule has 1 atom stereocenters. The van der Waals surface area contributed by atoms with Gasteiger partial charge in [0.15, 0.2) is 0 Å². The van der Waals surface area contributed by atoms with Crippen molar-refractivity contribution in [2.45, 2.75) is 38.1 Å². The molecule has 0 spiro atoms. The maximum atomic E-state index is 13.7. The Hall–Kier alpha value is -1.84. The first-order valence-corrected chi connectivity index (χ1v) is 12.0. The molecular formula is C23H18ClIN2O3S. The molecule has 0 saturated carbocycles. The Labute approximate surface area is 202 Å². The smallest absolute Gasteiger partial charge is 0.290 e. The van der Waals surface area contributed by atoms with E-state index in [1.807, 2.05) is 49.1 Å². The second-order valence-electron chi connectivity index (χ2n) is 8.87. The second-order valence-corrected chi connectivity index (χ2v) is 11.5. The number of hydrogen-bond donors (Lipinski definition) is 1. The van der Waals surface area contributed by atoms with E-state index in [0.717, 1.165) is 32.1 Å². The van der Waals surface area contributed by atoms with Crippen LogP contribution in [0.1, 0.15) is 43.9 Å². The van der Waals surface area contributed by atoms with Gasteiger partial charge in [-0.25, -0.2) is 0 Å². The van der Waals surface area contributed by atoms with Crippen molar-refractivity contribution in [1.29, 1.82) is 0 Å².